The van der Waals surface area contributed by atoms with E-state index >= 15 is 0 Å². The molecule has 0 aliphatic carbocycles. The molecule has 1 aliphatic heterocycles. The summed E-state index contributed by atoms with van der Waals surface area (Å²) in [5.41, 5.74) is 0. The first-order chi connectivity index (χ1) is 8.80. The SMILES string of the molecule is O=C1NC(CCCCCNC(=O)C(F)(F)F)C(=O)S1. The highest BCUT2D eigenvalue weighted by atomic mass is 32.2. The summed E-state index contributed by atoms with van der Waals surface area (Å²) in [5, 5.41) is 3.66. The molecule has 2 amide bonds. The molecule has 0 aromatic rings. The van der Waals surface area contributed by atoms with Gasteiger partial charge in [0.1, 0.15) is 0 Å². The van der Waals surface area contributed by atoms with E-state index in [2.05, 4.69) is 5.32 Å². The number of amides is 2. The Labute approximate surface area is 111 Å². The van der Waals surface area contributed by atoms with Crippen molar-refractivity contribution in [3.05, 3.63) is 0 Å². The minimum atomic E-state index is -4.85. The van der Waals surface area contributed by atoms with Crippen LogP contribution < -0.4 is 10.6 Å². The number of hydrogen-bond donors (Lipinski definition) is 2. The molecule has 0 radical (unpaired) electrons. The molecule has 0 spiro atoms. The van der Waals surface area contributed by atoms with Gasteiger partial charge < -0.3 is 10.6 Å². The van der Waals surface area contributed by atoms with Crippen molar-refractivity contribution >= 4 is 28.0 Å². The summed E-state index contributed by atoms with van der Waals surface area (Å²) in [6.07, 6.45) is -2.83. The molecule has 1 unspecified atom stereocenters. The Balaban J connectivity index is 2.05. The third-order valence-corrected chi connectivity index (χ3v) is 3.27. The molecule has 1 aliphatic rings. The maximum absolute atomic E-state index is 11.8. The van der Waals surface area contributed by atoms with Gasteiger partial charge in [-0.1, -0.05) is 12.8 Å². The van der Waals surface area contributed by atoms with Crippen LogP contribution in [-0.2, 0) is 9.59 Å². The molecular formula is C10H13F3N2O3S. The molecule has 9 heteroatoms. The van der Waals surface area contributed by atoms with Gasteiger partial charge in [0.05, 0.1) is 6.04 Å². The average molecular weight is 298 g/mol. The molecule has 1 saturated heterocycles. The van der Waals surface area contributed by atoms with Crippen molar-refractivity contribution in [2.24, 2.45) is 0 Å². The number of alkyl halides is 3. The van der Waals surface area contributed by atoms with Crippen molar-refractivity contribution in [3.63, 3.8) is 0 Å². The van der Waals surface area contributed by atoms with Crippen LogP contribution in [-0.4, -0.2) is 35.0 Å². The fourth-order valence-corrected chi connectivity index (χ4v) is 2.24. The number of carbonyl (C=O) groups excluding carboxylic acids is 3. The molecular weight excluding hydrogens is 285 g/mol. The van der Waals surface area contributed by atoms with E-state index in [1.165, 1.54) is 0 Å². The first-order valence-electron chi connectivity index (χ1n) is 5.68. The lowest BCUT2D eigenvalue weighted by atomic mass is 10.1. The summed E-state index contributed by atoms with van der Waals surface area (Å²) in [4.78, 5) is 32.5. The molecule has 2 N–H and O–H groups in total. The van der Waals surface area contributed by atoms with Crippen LogP contribution in [0.5, 0.6) is 0 Å². The van der Waals surface area contributed by atoms with Crippen LogP contribution in [0.3, 0.4) is 0 Å². The first kappa shape index (κ1) is 15.8. The van der Waals surface area contributed by atoms with Gasteiger partial charge in [-0.05, 0) is 12.8 Å². The van der Waals surface area contributed by atoms with Crippen molar-refractivity contribution in [2.75, 3.05) is 6.54 Å². The summed E-state index contributed by atoms with van der Waals surface area (Å²) in [6.45, 7) is -0.0575. The largest absolute Gasteiger partial charge is 0.471 e. The van der Waals surface area contributed by atoms with Gasteiger partial charge in [0.15, 0.2) is 0 Å². The molecule has 19 heavy (non-hydrogen) atoms. The minimum absolute atomic E-state index is 0.0575. The van der Waals surface area contributed by atoms with Gasteiger partial charge in [0, 0.05) is 18.3 Å². The third-order valence-electron chi connectivity index (χ3n) is 2.48. The zero-order chi connectivity index (χ0) is 14.5. The fraction of sp³-hybridized carbons (Fsp3) is 0.700. The Hall–Kier alpha value is -1.25. The molecule has 1 heterocycles. The van der Waals surface area contributed by atoms with E-state index in [1.54, 1.807) is 5.32 Å². The van der Waals surface area contributed by atoms with Gasteiger partial charge in [-0.3, -0.25) is 14.4 Å². The Kier molecular flexibility index (Phi) is 5.64. The number of thioether (sulfide) groups is 1. The molecule has 0 aromatic heterocycles. The maximum atomic E-state index is 11.8. The highest BCUT2D eigenvalue weighted by Crippen LogP contribution is 2.19. The second-order valence-corrected chi connectivity index (χ2v) is 4.99. The van der Waals surface area contributed by atoms with E-state index in [9.17, 15) is 27.6 Å². The quantitative estimate of drug-likeness (QED) is 0.730. The third kappa shape index (κ3) is 5.50. The molecule has 1 fully saturated rings. The maximum Gasteiger partial charge on any atom is 0.471 e. The van der Waals surface area contributed by atoms with E-state index in [0.717, 1.165) is 0 Å². The highest BCUT2D eigenvalue weighted by molar-refractivity contribution is 8.26. The number of nitrogens with one attached hydrogen (secondary N) is 2. The molecule has 0 aromatic carbocycles. The van der Waals surface area contributed by atoms with Crippen molar-refractivity contribution in [1.29, 1.82) is 0 Å². The number of hydrogen-bond acceptors (Lipinski definition) is 4. The van der Waals surface area contributed by atoms with Crippen molar-refractivity contribution < 1.29 is 27.6 Å². The molecule has 0 bridgehead atoms. The molecule has 1 atom stereocenters. The van der Waals surface area contributed by atoms with E-state index in [0.29, 0.717) is 37.4 Å². The van der Waals surface area contributed by atoms with Crippen LogP contribution in [0.25, 0.3) is 0 Å². The highest BCUT2D eigenvalue weighted by Gasteiger charge is 2.38. The zero-order valence-electron chi connectivity index (χ0n) is 9.88. The first-order valence-corrected chi connectivity index (χ1v) is 6.49. The molecule has 108 valence electrons. The topological polar surface area (TPSA) is 75.3 Å². The van der Waals surface area contributed by atoms with E-state index in [1.807, 2.05) is 0 Å². The second kappa shape index (κ2) is 6.78. The van der Waals surface area contributed by atoms with Crippen LogP contribution in [0.4, 0.5) is 18.0 Å². The monoisotopic (exact) mass is 298 g/mol. The zero-order valence-corrected chi connectivity index (χ0v) is 10.7. The standard InChI is InChI=1S/C10H13F3N2O3S/c11-10(12,13)8(17)14-5-3-1-2-4-6-7(16)19-9(18)15-6/h6H,1-5H2,(H,14,17)(H,15,18). The van der Waals surface area contributed by atoms with Crippen molar-refractivity contribution in [2.45, 2.75) is 37.9 Å². The number of unbranched alkanes of at least 4 members (excludes halogenated alkanes) is 2. The Bertz CT molecular complexity index is 374. The second-order valence-electron chi connectivity index (χ2n) is 4.01. The van der Waals surface area contributed by atoms with Crippen LogP contribution in [0, 0.1) is 0 Å². The average Bonchev–Trinajstić information content (AvgIpc) is 2.60. The predicted octanol–water partition coefficient (Wildman–Crippen LogP) is 1.58. The lowest BCUT2D eigenvalue weighted by Gasteiger charge is -2.09. The lowest BCUT2D eigenvalue weighted by molar-refractivity contribution is -0.173. The summed E-state index contributed by atoms with van der Waals surface area (Å²) >= 11 is 0.633. The smallest absolute Gasteiger partial charge is 0.348 e. The van der Waals surface area contributed by atoms with Crippen molar-refractivity contribution in [1.82, 2.24) is 10.6 Å². The fourth-order valence-electron chi connectivity index (χ4n) is 1.54. The summed E-state index contributed by atoms with van der Waals surface area (Å²) < 4.78 is 35.4. The van der Waals surface area contributed by atoms with Gasteiger partial charge in [0.25, 0.3) is 5.24 Å². The summed E-state index contributed by atoms with van der Waals surface area (Å²) in [6, 6.07) is -0.498. The van der Waals surface area contributed by atoms with Gasteiger partial charge >= 0.3 is 12.1 Å². The number of rotatable bonds is 6. The molecule has 5 nitrogen and oxygen atoms in total. The molecule has 1 rings (SSSR count). The van der Waals surface area contributed by atoms with Crippen LogP contribution in [0.1, 0.15) is 25.7 Å². The van der Waals surface area contributed by atoms with E-state index < -0.39 is 18.1 Å². The Morgan fingerprint density at radius 1 is 1.26 bits per heavy atom. The normalized spacial score (nSPS) is 19.4. The Morgan fingerprint density at radius 2 is 1.95 bits per heavy atom. The van der Waals surface area contributed by atoms with E-state index in [4.69, 9.17) is 0 Å². The van der Waals surface area contributed by atoms with Crippen LogP contribution in [0.2, 0.25) is 0 Å². The molecule has 0 saturated carbocycles. The van der Waals surface area contributed by atoms with Crippen LogP contribution >= 0.6 is 11.8 Å². The van der Waals surface area contributed by atoms with E-state index in [-0.39, 0.29) is 16.9 Å². The minimum Gasteiger partial charge on any atom is -0.348 e. The summed E-state index contributed by atoms with van der Waals surface area (Å²) in [5.74, 6) is -1.94. The van der Waals surface area contributed by atoms with Gasteiger partial charge in [-0.25, -0.2) is 0 Å². The number of carbonyl (C=O) groups is 3. The predicted molar refractivity (Wildman–Crippen MR) is 62.5 cm³/mol. The Morgan fingerprint density at radius 3 is 2.47 bits per heavy atom. The number of halogens is 3. The summed E-state index contributed by atoms with van der Waals surface area (Å²) in [7, 11) is 0. The van der Waals surface area contributed by atoms with Gasteiger partial charge in [0.2, 0.25) is 5.12 Å². The van der Waals surface area contributed by atoms with Gasteiger partial charge in [-0.15, -0.1) is 0 Å². The lowest BCUT2D eigenvalue weighted by Crippen LogP contribution is -2.37. The van der Waals surface area contributed by atoms with Crippen molar-refractivity contribution in [3.8, 4) is 0 Å². The van der Waals surface area contributed by atoms with Gasteiger partial charge in [-0.2, -0.15) is 13.2 Å². The van der Waals surface area contributed by atoms with Crippen LogP contribution in [0.15, 0.2) is 0 Å².